The van der Waals surface area contributed by atoms with Gasteiger partial charge in [0.15, 0.2) is 0 Å². The number of unbranched alkanes of at least 4 members (excludes halogenated alkanes) is 13. The Hall–Kier alpha value is -2.15. The zero-order chi connectivity index (χ0) is 51.9. The topological polar surface area (TPSA) is 271 Å². The summed E-state index contributed by atoms with van der Waals surface area (Å²) in [5.41, 5.74) is 5.44. The summed E-state index contributed by atoms with van der Waals surface area (Å²) >= 11 is 7.06. The first-order chi connectivity index (χ1) is 32.5. The summed E-state index contributed by atoms with van der Waals surface area (Å²) in [4.78, 5) is 74.1. The second-order valence-corrected chi connectivity index (χ2v) is 16.6. The van der Waals surface area contributed by atoms with E-state index < -0.39 is 24.0 Å². The number of nitrogens with one attached hydrogen (secondary N) is 4. The normalized spacial score (nSPS) is 10.7. The molecular formula is C45H93N5O13S4. The Morgan fingerprint density at radius 1 is 0.612 bits per heavy atom. The third-order valence-electron chi connectivity index (χ3n) is 8.62. The molecule has 8 N–H and O–H groups in total. The van der Waals surface area contributed by atoms with Crippen LogP contribution in [-0.2, 0) is 52.5 Å². The van der Waals surface area contributed by atoms with Crippen molar-refractivity contribution < 1.29 is 62.7 Å². The minimum absolute atomic E-state index is 0.0101. The first kappa shape index (κ1) is 76.3. The summed E-state index contributed by atoms with van der Waals surface area (Å²) in [6, 6.07) is -1.10. The lowest BCUT2D eigenvalue weighted by Gasteiger charge is -2.11. The SMILES string of the molecule is CCOCCOCCNC(=O)CCC(NC)C(=O)O.CS.CS.CSSC.NC(C=O)CCCCNC(=O)COCCOCCNC=O.O=CCCCCCCCCCCCCCCC(=O)O. The molecule has 0 aromatic rings. The van der Waals surface area contributed by atoms with Crippen LogP contribution in [0.15, 0.2) is 0 Å². The van der Waals surface area contributed by atoms with Gasteiger partial charge in [0.1, 0.15) is 25.2 Å². The Balaban J connectivity index is -0.000000193. The van der Waals surface area contributed by atoms with E-state index in [1.165, 1.54) is 57.8 Å². The lowest BCUT2D eigenvalue weighted by atomic mass is 10.0. The predicted octanol–water partition coefficient (Wildman–Crippen LogP) is 5.64. The molecule has 0 saturated carbocycles. The Kier molecular flexibility index (Phi) is 83.0. The summed E-state index contributed by atoms with van der Waals surface area (Å²) in [7, 11) is 5.10. The fraction of sp³-hybridized carbons (Fsp3) is 0.844. The molecule has 0 bridgehead atoms. The van der Waals surface area contributed by atoms with Crippen LogP contribution in [0.4, 0.5) is 0 Å². The van der Waals surface area contributed by atoms with Crippen LogP contribution in [0.3, 0.4) is 0 Å². The molecule has 0 aromatic heterocycles. The quantitative estimate of drug-likeness (QED) is 0.0155. The van der Waals surface area contributed by atoms with E-state index in [9.17, 15) is 33.6 Å². The summed E-state index contributed by atoms with van der Waals surface area (Å²) in [5, 5.41) is 27.7. The van der Waals surface area contributed by atoms with Gasteiger partial charge in [-0.15, -0.1) is 0 Å². The van der Waals surface area contributed by atoms with E-state index in [2.05, 4.69) is 59.0 Å². The van der Waals surface area contributed by atoms with Crippen LogP contribution in [-0.4, -0.2) is 170 Å². The molecule has 22 heteroatoms. The summed E-state index contributed by atoms with van der Waals surface area (Å²) in [6.07, 6.45) is 27.9. The molecule has 0 aromatic carbocycles. The first-order valence-electron chi connectivity index (χ1n) is 23.2. The van der Waals surface area contributed by atoms with E-state index in [4.69, 9.17) is 34.9 Å². The van der Waals surface area contributed by atoms with Crippen molar-refractivity contribution in [3.63, 3.8) is 0 Å². The van der Waals surface area contributed by atoms with Gasteiger partial charge in [0, 0.05) is 45.5 Å². The lowest BCUT2D eigenvalue weighted by molar-refractivity contribution is -0.140. The number of aliphatic carboxylic acids is 2. The second kappa shape index (κ2) is 72.8. The fourth-order valence-corrected chi connectivity index (χ4v) is 5.08. The highest BCUT2D eigenvalue weighted by Crippen LogP contribution is 2.13. The number of amides is 3. The number of hydrogen-bond acceptors (Lipinski definition) is 17. The maximum atomic E-state index is 11.4. The Morgan fingerprint density at radius 3 is 1.57 bits per heavy atom. The molecule has 0 radical (unpaired) electrons. The van der Waals surface area contributed by atoms with Crippen LogP contribution in [0.2, 0.25) is 0 Å². The molecule has 0 heterocycles. The molecule has 0 spiro atoms. The largest absolute Gasteiger partial charge is 0.481 e. The molecule has 2 atom stereocenters. The summed E-state index contributed by atoms with van der Waals surface area (Å²) < 4.78 is 20.6. The van der Waals surface area contributed by atoms with Gasteiger partial charge in [-0.25, -0.2) is 0 Å². The van der Waals surface area contributed by atoms with E-state index in [1.807, 2.05) is 6.92 Å². The number of likely N-dealkylation sites (N-methyl/N-ethyl adjacent to an activating group) is 1. The third-order valence-corrected chi connectivity index (χ3v) is 9.95. The average molecular weight is 1040 g/mol. The van der Waals surface area contributed by atoms with Crippen LogP contribution in [0.25, 0.3) is 0 Å². The standard InChI is InChI=1S/C16H30O3.C13H25N3O5.C12H24N2O5.C2H6S2.2CH4S/c17-15-13-11-9-7-5-3-1-2-4-6-8-10-12-14-16(18)19;14-12(9-17)3-1-2-4-16-13(19)10-21-8-7-20-6-5-15-11-18;1-3-18-8-9-19-7-6-14-11(15)5-4-10(13-2)12(16)17;1-3-4-2;2*1-2/h15H,1-14H2,(H,18,19);9,11-12H,1-8,10,14H2,(H,15,18)(H,16,19);10,13H,3-9H2,1-2H3,(H,14,15)(H,16,17);1-2H3;2*2H,1H3. The summed E-state index contributed by atoms with van der Waals surface area (Å²) in [6.45, 7) is 6.57. The molecule has 0 fully saturated rings. The van der Waals surface area contributed by atoms with Crippen LogP contribution in [0.5, 0.6) is 0 Å². The highest BCUT2D eigenvalue weighted by atomic mass is 33.1. The van der Waals surface area contributed by atoms with Crippen molar-refractivity contribution in [1.29, 1.82) is 0 Å². The van der Waals surface area contributed by atoms with Crippen molar-refractivity contribution in [2.45, 2.75) is 141 Å². The van der Waals surface area contributed by atoms with Crippen molar-refractivity contribution in [3.8, 4) is 0 Å². The highest BCUT2D eigenvalue weighted by molar-refractivity contribution is 8.76. The number of aldehydes is 2. The molecule has 3 amide bonds. The van der Waals surface area contributed by atoms with E-state index >= 15 is 0 Å². The van der Waals surface area contributed by atoms with Gasteiger partial charge in [-0.2, -0.15) is 25.3 Å². The minimum atomic E-state index is -0.949. The van der Waals surface area contributed by atoms with E-state index in [0.717, 1.165) is 51.1 Å². The number of carboxylic acids is 2. The number of thiol groups is 2. The molecule has 0 aliphatic carbocycles. The van der Waals surface area contributed by atoms with Crippen molar-refractivity contribution in [3.05, 3.63) is 0 Å². The zero-order valence-corrected chi connectivity index (χ0v) is 45.2. The van der Waals surface area contributed by atoms with E-state index in [-0.39, 0.29) is 31.3 Å². The number of carboxylic acid groups (broad SMARTS) is 2. The van der Waals surface area contributed by atoms with Gasteiger partial charge in [0.25, 0.3) is 0 Å². The molecule has 400 valence electrons. The lowest BCUT2D eigenvalue weighted by Crippen LogP contribution is -2.36. The van der Waals surface area contributed by atoms with E-state index in [1.54, 1.807) is 41.1 Å². The third kappa shape index (κ3) is 81.2. The number of carbonyl (C=O) groups is 7. The number of nitrogens with two attached hydrogens (primary N) is 1. The second-order valence-electron chi connectivity index (χ2n) is 13.9. The molecule has 67 heavy (non-hydrogen) atoms. The number of rotatable bonds is 43. The van der Waals surface area contributed by atoms with Gasteiger partial charge in [-0.1, -0.05) is 85.8 Å². The molecule has 0 aliphatic heterocycles. The summed E-state index contributed by atoms with van der Waals surface area (Å²) in [5.74, 6) is -1.98. The molecule has 0 rings (SSSR count). The van der Waals surface area contributed by atoms with Crippen molar-refractivity contribution in [2.24, 2.45) is 5.73 Å². The van der Waals surface area contributed by atoms with Gasteiger partial charge in [-0.05, 0) is 77.5 Å². The van der Waals surface area contributed by atoms with Crippen LogP contribution in [0, 0.1) is 0 Å². The molecule has 0 aliphatic rings. The molecule has 18 nitrogen and oxygen atoms in total. The van der Waals surface area contributed by atoms with Gasteiger partial charge < -0.3 is 65.8 Å². The van der Waals surface area contributed by atoms with Gasteiger partial charge in [0.05, 0.1) is 45.7 Å². The van der Waals surface area contributed by atoms with Gasteiger partial charge in [0.2, 0.25) is 18.2 Å². The Morgan fingerprint density at radius 2 is 1.10 bits per heavy atom. The van der Waals surface area contributed by atoms with Crippen LogP contribution >= 0.6 is 46.8 Å². The Bertz CT molecular complexity index is 1060. The number of carbonyl (C=O) groups excluding carboxylic acids is 5. The average Bonchev–Trinajstić information content (AvgIpc) is 3.33. The van der Waals surface area contributed by atoms with Gasteiger partial charge >= 0.3 is 11.9 Å². The Labute approximate surface area is 422 Å². The highest BCUT2D eigenvalue weighted by Gasteiger charge is 2.16. The maximum absolute atomic E-state index is 11.4. The van der Waals surface area contributed by atoms with E-state index in [0.29, 0.717) is 85.1 Å². The predicted molar refractivity (Wildman–Crippen MR) is 282 cm³/mol. The zero-order valence-electron chi connectivity index (χ0n) is 41.8. The first-order valence-corrected chi connectivity index (χ1v) is 28.0. The monoisotopic (exact) mass is 1040 g/mol. The van der Waals surface area contributed by atoms with Crippen molar-refractivity contribution >= 4 is 89.6 Å². The van der Waals surface area contributed by atoms with Crippen molar-refractivity contribution in [1.82, 2.24) is 21.3 Å². The minimum Gasteiger partial charge on any atom is -0.481 e. The fourth-order valence-electron chi connectivity index (χ4n) is 5.08. The number of hydrogen-bond donors (Lipinski definition) is 9. The van der Waals surface area contributed by atoms with Crippen molar-refractivity contribution in [2.75, 3.05) is 105 Å². The smallest absolute Gasteiger partial charge is 0.320 e. The van der Waals surface area contributed by atoms with Crippen LogP contribution < -0.4 is 27.0 Å². The maximum Gasteiger partial charge on any atom is 0.320 e. The van der Waals surface area contributed by atoms with Crippen LogP contribution in [0.1, 0.15) is 129 Å². The molecule has 0 saturated heterocycles. The number of ether oxygens (including phenoxy) is 4. The van der Waals surface area contributed by atoms with Gasteiger partial charge in [-0.3, -0.25) is 24.0 Å². The molecular weight excluding hydrogens is 947 g/mol. The molecule has 2 unspecified atom stereocenters.